The number of aromatic nitrogens is 3. The van der Waals surface area contributed by atoms with E-state index in [0.29, 0.717) is 31.3 Å². The number of halogens is 1. The highest BCUT2D eigenvalue weighted by molar-refractivity contribution is 6.29. The Balaban J connectivity index is 1.76. The van der Waals surface area contributed by atoms with E-state index in [2.05, 4.69) is 28.9 Å². The number of rotatable bonds is 9. The number of fused-ring (bicyclic) bond motifs is 1. The molecule has 2 heterocycles. The molecule has 1 aliphatic rings. The Bertz CT molecular complexity index is 1100. The Morgan fingerprint density at radius 3 is 2.66 bits per heavy atom. The summed E-state index contributed by atoms with van der Waals surface area (Å²) in [6.45, 7) is 4.54. The van der Waals surface area contributed by atoms with E-state index >= 15 is 0 Å². The quantitative estimate of drug-likeness (QED) is 0.501. The van der Waals surface area contributed by atoms with E-state index in [4.69, 9.17) is 22.3 Å². The van der Waals surface area contributed by atoms with Gasteiger partial charge >= 0.3 is 0 Å². The van der Waals surface area contributed by atoms with Gasteiger partial charge in [0.1, 0.15) is 11.0 Å². The molecule has 3 aromatic rings. The van der Waals surface area contributed by atoms with Gasteiger partial charge in [0.2, 0.25) is 0 Å². The van der Waals surface area contributed by atoms with Crippen molar-refractivity contribution >= 4 is 11.6 Å². The predicted octanol–water partition coefficient (Wildman–Crippen LogP) is 3.74. The number of nitrogens with two attached hydrogens (primary N) is 1. The summed E-state index contributed by atoms with van der Waals surface area (Å²) in [4.78, 5) is 25.1. The highest BCUT2D eigenvalue weighted by Crippen LogP contribution is 2.27. The third-order valence-corrected chi connectivity index (χ3v) is 6.34. The maximum absolute atomic E-state index is 13.5. The lowest BCUT2D eigenvalue weighted by Gasteiger charge is -2.32. The molecule has 2 aromatic heterocycles. The summed E-state index contributed by atoms with van der Waals surface area (Å²) < 4.78 is 1.89. The normalized spacial score (nSPS) is 14.0. The fourth-order valence-electron chi connectivity index (χ4n) is 4.57. The van der Waals surface area contributed by atoms with Crippen molar-refractivity contribution < 1.29 is 0 Å². The minimum atomic E-state index is -0.0310. The molecule has 0 amide bonds. The number of nitrogens with zero attached hydrogens (tertiary/aromatic N) is 4. The summed E-state index contributed by atoms with van der Waals surface area (Å²) in [5, 5.41) is 0.475. The van der Waals surface area contributed by atoms with Gasteiger partial charge < -0.3 is 5.73 Å². The van der Waals surface area contributed by atoms with Crippen LogP contribution in [0, 0.1) is 0 Å². The molecule has 4 rings (SSSR count). The first kappa shape index (κ1) is 22.6. The van der Waals surface area contributed by atoms with E-state index in [1.54, 1.807) is 12.3 Å². The average Bonchev–Trinajstić information content (AvgIpc) is 3.28. The molecule has 0 fully saturated rings. The summed E-state index contributed by atoms with van der Waals surface area (Å²) >= 11 is 5.97. The number of hydrogen-bond donors (Lipinski definition) is 1. The van der Waals surface area contributed by atoms with Crippen molar-refractivity contribution in [2.75, 3.05) is 13.1 Å². The van der Waals surface area contributed by atoms with Crippen molar-refractivity contribution in [1.82, 2.24) is 19.4 Å². The Hall–Kier alpha value is -2.54. The summed E-state index contributed by atoms with van der Waals surface area (Å²) in [5.74, 6) is 0.831. The van der Waals surface area contributed by atoms with Gasteiger partial charge in [-0.1, -0.05) is 54.9 Å². The fourth-order valence-corrected chi connectivity index (χ4v) is 4.68. The number of aryl methyl sites for hydroxylation is 1. The van der Waals surface area contributed by atoms with Crippen LogP contribution in [0.25, 0.3) is 0 Å². The lowest BCUT2D eigenvalue weighted by atomic mass is 10.1. The van der Waals surface area contributed by atoms with Crippen LogP contribution in [-0.4, -0.2) is 32.5 Å². The number of hydrogen-bond acceptors (Lipinski definition) is 5. The minimum absolute atomic E-state index is 0.0310. The Kier molecular flexibility index (Phi) is 7.35. The van der Waals surface area contributed by atoms with Crippen molar-refractivity contribution in [3.63, 3.8) is 0 Å². The van der Waals surface area contributed by atoms with Crippen molar-refractivity contribution in [3.05, 3.63) is 92.4 Å². The molecule has 0 saturated heterocycles. The van der Waals surface area contributed by atoms with Crippen molar-refractivity contribution in [2.24, 2.45) is 5.73 Å². The van der Waals surface area contributed by atoms with Gasteiger partial charge in [0, 0.05) is 31.4 Å². The average molecular weight is 452 g/mol. The van der Waals surface area contributed by atoms with E-state index in [-0.39, 0.29) is 11.6 Å². The first-order valence-electron chi connectivity index (χ1n) is 11.3. The van der Waals surface area contributed by atoms with Gasteiger partial charge in [-0.3, -0.25) is 14.3 Å². The van der Waals surface area contributed by atoms with Crippen molar-refractivity contribution in [2.45, 2.75) is 51.7 Å². The molecular weight excluding hydrogens is 422 g/mol. The molecule has 0 aliphatic heterocycles. The number of pyridine rings is 1. The van der Waals surface area contributed by atoms with Gasteiger partial charge in [-0.25, -0.2) is 9.97 Å². The van der Waals surface area contributed by atoms with Crippen LogP contribution in [0.1, 0.15) is 54.0 Å². The molecule has 0 saturated carbocycles. The zero-order valence-electron chi connectivity index (χ0n) is 18.5. The second-order valence-electron chi connectivity index (χ2n) is 8.30. The van der Waals surface area contributed by atoms with Gasteiger partial charge in [-0.05, 0) is 42.9 Å². The highest BCUT2D eigenvalue weighted by Gasteiger charge is 2.28. The zero-order valence-corrected chi connectivity index (χ0v) is 19.3. The van der Waals surface area contributed by atoms with Gasteiger partial charge in [-0.15, -0.1) is 0 Å². The molecule has 1 atom stereocenters. The van der Waals surface area contributed by atoms with E-state index in [1.165, 1.54) is 0 Å². The minimum Gasteiger partial charge on any atom is -0.329 e. The molecule has 0 bridgehead atoms. The molecule has 0 spiro atoms. The molecule has 168 valence electrons. The van der Waals surface area contributed by atoms with Gasteiger partial charge in [0.05, 0.1) is 18.3 Å². The van der Waals surface area contributed by atoms with Crippen LogP contribution < -0.4 is 11.3 Å². The first-order valence-corrected chi connectivity index (χ1v) is 11.7. The summed E-state index contributed by atoms with van der Waals surface area (Å²) in [7, 11) is 0. The van der Waals surface area contributed by atoms with E-state index in [1.807, 2.05) is 28.8 Å². The van der Waals surface area contributed by atoms with Crippen LogP contribution in [0.3, 0.4) is 0 Å². The van der Waals surface area contributed by atoms with E-state index < -0.39 is 0 Å². The van der Waals surface area contributed by atoms with Crippen LogP contribution in [0.5, 0.6) is 0 Å². The van der Waals surface area contributed by atoms with Crippen molar-refractivity contribution in [3.8, 4) is 0 Å². The summed E-state index contributed by atoms with van der Waals surface area (Å²) in [5.41, 5.74) is 10.1. The lowest BCUT2D eigenvalue weighted by Crippen LogP contribution is -2.38. The molecule has 6 nitrogen and oxygen atoms in total. The highest BCUT2D eigenvalue weighted by atomic mass is 35.5. The van der Waals surface area contributed by atoms with Gasteiger partial charge in [-0.2, -0.15) is 0 Å². The number of benzene rings is 1. The predicted molar refractivity (Wildman–Crippen MR) is 128 cm³/mol. The summed E-state index contributed by atoms with van der Waals surface area (Å²) in [6.07, 6.45) is 5.30. The SMILES string of the molecule is CCC(c1nc2c(c(=O)n1Cc1ccccc1)CCC2)N(CCN)Cc1ccc(Cl)nc1. The molecule has 1 unspecified atom stereocenters. The molecule has 0 radical (unpaired) electrons. The Labute approximate surface area is 194 Å². The monoisotopic (exact) mass is 451 g/mol. The topological polar surface area (TPSA) is 77.0 Å². The molecular formula is C25H30ClN5O. The smallest absolute Gasteiger partial charge is 0.257 e. The van der Waals surface area contributed by atoms with Crippen LogP contribution in [0.15, 0.2) is 53.5 Å². The van der Waals surface area contributed by atoms with Crippen LogP contribution in [0.2, 0.25) is 5.15 Å². The fraction of sp³-hybridized carbons (Fsp3) is 0.400. The van der Waals surface area contributed by atoms with Crippen LogP contribution in [0.4, 0.5) is 0 Å². The zero-order chi connectivity index (χ0) is 22.5. The van der Waals surface area contributed by atoms with E-state index in [9.17, 15) is 4.79 Å². The molecule has 7 heteroatoms. The van der Waals surface area contributed by atoms with Gasteiger partial charge in [0.15, 0.2) is 0 Å². The first-order chi connectivity index (χ1) is 15.6. The second kappa shape index (κ2) is 10.4. The lowest BCUT2D eigenvalue weighted by molar-refractivity contribution is 0.175. The molecule has 1 aliphatic carbocycles. The van der Waals surface area contributed by atoms with Crippen LogP contribution >= 0.6 is 11.6 Å². The standard InChI is InChI=1S/C25H30ClN5O/c1-2-22(30(14-13-27)16-19-11-12-23(26)28-15-19)24-29-21-10-6-9-20(21)25(32)31(24)17-18-7-4-3-5-8-18/h3-5,7-8,11-12,15,22H,2,6,9-10,13-14,16-17,27H2,1H3. The third kappa shape index (κ3) is 4.93. The largest absolute Gasteiger partial charge is 0.329 e. The van der Waals surface area contributed by atoms with E-state index in [0.717, 1.165) is 53.9 Å². The van der Waals surface area contributed by atoms with Gasteiger partial charge in [0.25, 0.3) is 5.56 Å². The maximum Gasteiger partial charge on any atom is 0.257 e. The summed E-state index contributed by atoms with van der Waals surface area (Å²) in [6, 6.07) is 13.9. The molecule has 32 heavy (non-hydrogen) atoms. The van der Waals surface area contributed by atoms with Crippen LogP contribution in [-0.2, 0) is 25.9 Å². The Morgan fingerprint density at radius 2 is 1.97 bits per heavy atom. The second-order valence-corrected chi connectivity index (χ2v) is 8.69. The maximum atomic E-state index is 13.5. The Morgan fingerprint density at radius 1 is 1.16 bits per heavy atom. The molecule has 2 N–H and O–H groups in total. The molecule has 1 aromatic carbocycles. The van der Waals surface area contributed by atoms with Crippen molar-refractivity contribution in [1.29, 1.82) is 0 Å². The third-order valence-electron chi connectivity index (χ3n) is 6.12.